The highest BCUT2D eigenvalue weighted by atomic mass is 35.5. The van der Waals surface area contributed by atoms with E-state index in [-0.39, 0.29) is 12.4 Å². The Morgan fingerprint density at radius 3 is 2.39 bits per heavy atom. The Morgan fingerprint density at radius 1 is 0.913 bits per heavy atom. The molecule has 0 aliphatic heterocycles. The lowest BCUT2D eigenvalue weighted by Gasteiger charge is -2.20. The summed E-state index contributed by atoms with van der Waals surface area (Å²) in [5.41, 5.74) is 2.21. The number of anilines is 1. The molecular formula is C19H18ClNOS. The molecule has 0 aromatic heterocycles. The van der Waals surface area contributed by atoms with E-state index in [4.69, 9.17) is 17.0 Å². The molecule has 4 heteroatoms. The summed E-state index contributed by atoms with van der Waals surface area (Å²) >= 11 is 5.41. The predicted molar refractivity (Wildman–Crippen MR) is 104 cm³/mol. The summed E-state index contributed by atoms with van der Waals surface area (Å²) < 4.78 is 5.84. The average molecular weight is 344 g/mol. The van der Waals surface area contributed by atoms with Crippen molar-refractivity contribution in [3.8, 4) is 5.75 Å². The standard InChI is InChI=1S/C19H17NOS.ClH/c1-14-6-5-9-17(12-14)20(2)19(22)21-18-11-10-15-7-3-4-8-16(15)13-18;/h3-13H,1-2H3;1H. The molecule has 0 saturated heterocycles. The molecule has 0 heterocycles. The van der Waals surface area contributed by atoms with Crippen LogP contribution in [0.25, 0.3) is 10.8 Å². The van der Waals surface area contributed by atoms with Gasteiger partial charge in [0.15, 0.2) is 0 Å². The first-order chi connectivity index (χ1) is 10.6. The van der Waals surface area contributed by atoms with Crippen LogP contribution >= 0.6 is 24.6 Å². The molecular weight excluding hydrogens is 326 g/mol. The van der Waals surface area contributed by atoms with Crippen LogP contribution in [0.5, 0.6) is 5.75 Å². The fraction of sp³-hybridized carbons (Fsp3) is 0.105. The van der Waals surface area contributed by atoms with Crippen LogP contribution in [0, 0.1) is 6.92 Å². The number of hydrogen-bond acceptors (Lipinski definition) is 2. The number of thiocarbonyl (C=S) groups is 1. The van der Waals surface area contributed by atoms with E-state index in [1.807, 2.05) is 54.4 Å². The number of hydrogen-bond donors (Lipinski definition) is 0. The maximum absolute atomic E-state index is 5.84. The van der Waals surface area contributed by atoms with Gasteiger partial charge in [-0.15, -0.1) is 12.4 Å². The highest BCUT2D eigenvalue weighted by Crippen LogP contribution is 2.22. The number of aryl methyl sites for hydroxylation is 1. The van der Waals surface area contributed by atoms with Crippen molar-refractivity contribution in [2.45, 2.75) is 6.92 Å². The fourth-order valence-electron chi connectivity index (χ4n) is 2.34. The monoisotopic (exact) mass is 343 g/mol. The number of fused-ring (bicyclic) bond motifs is 1. The van der Waals surface area contributed by atoms with Crippen molar-refractivity contribution in [1.82, 2.24) is 0 Å². The number of halogens is 1. The van der Waals surface area contributed by atoms with Gasteiger partial charge >= 0.3 is 0 Å². The Hall–Kier alpha value is -2.10. The predicted octanol–water partition coefficient (Wildman–Crippen LogP) is 5.37. The van der Waals surface area contributed by atoms with E-state index in [0.29, 0.717) is 5.17 Å². The summed E-state index contributed by atoms with van der Waals surface area (Å²) in [5, 5.41) is 2.76. The minimum atomic E-state index is 0. The number of ether oxygens (including phenoxy) is 1. The third kappa shape index (κ3) is 4.01. The van der Waals surface area contributed by atoms with Crippen molar-refractivity contribution in [3.05, 3.63) is 72.3 Å². The summed E-state index contributed by atoms with van der Waals surface area (Å²) in [5.74, 6) is 0.753. The van der Waals surface area contributed by atoms with Gasteiger partial charge in [0.2, 0.25) is 0 Å². The Morgan fingerprint density at radius 2 is 1.65 bits per heavy atom. The van der Waals surface area contributed by atoms with Gasteiger partial charge in [-0.1, -0.05) is 42.5 Å². The van der Waals surface area contributed by atoms with Crippen LogP contribution in [0.1, 0.15) is 5.56 Å². The van der Waals surface area contributed by atoms with Gasteiger partial charge in [-0.2, -0.15) is 0 Å². The van der Waals surface area contributed by atoms with E-state index in [1.54, 1.807) is 0 Å². The fourth-order valence-corrected chi connectivity index (χ4v) is 2.54. The highest BCUT2D eigenvalue weighted by Gasteiger charge is 2.09. The Balaban J connectivity index is 0.00000192. The topological polar surface area (TPSA) is 12.5 Å². The van der Waals surface area contributed by atoms with Crippen LogP contribution in [0.4, 0.5) is 5.69 Å². The van der Waals surface area contributed by atoms with Gasteiger partial charge in [-0.05, 0) is 59.7 Å². The van der Waals surface area contributed by atoms with Crippen LogP contribution in [0.2, 0.25) is 0 Å². The molecule has 0 aliphatic rings. The lowest BCUT2D eigenvalue weighted by Crippen LogP contribution is -2.29. The van der Waals surface area contributed by atoms with Crippen molar-refractivity contribution < 1.29 is 4.74 Å². The Kier molecular flexibility index (Phi) is 5.59. The first kappa shape index (κ1) is 17.3. The minimum Gasteiger partial charge on any atom is -0.432 e. The first-order valence-corrected chi connectivity index (χ1v) is 7.55. The molecule has 0 amide bonds. The van der Waals surface area contributed by atoms with Gasteiger partial charge in [0.05, 0.1) is 0 Å². The maximum atomic E-state index is 5.84. The summed E-state index contributed by atoms with van der Waals surface area (Å²) in [6, 6.07) is 22.3. The zero-order chi connectivity index (χ0) is 15.5. The van der Waals surface area contributed by atoms with E-state index >= 15 is 0 Å². The van der Waals surface area contributed by atoms with Crippen molar-refractivity contribution in [3.63, 3.8) is 0 Å². The quantitative estimate of drug-likeness (QED) is 0.580. The molecule has 0 fully saturated rings. The average Bonchev–Trinajstić information content (AvgIpc) is 2.54. The van der Waals surface area contributed by atoms with E-state index < -0.39 is 0 Å². The summed E-state index contributed by atoms with van der Waals surface area (Å²) in [4.78, 5) is 1.87. The van der Waals surface area contributed by atoms with E-state index in [1.165, 1.54) is 10.9 Å². The minimum absolute atomic E-state index is 0. The normalized spacial score (nSPS) is 10.0. The maximum Gasteiger partial charge on any atom is 0.269 e. The van der Waals surface area contributed by atoms with Gasteiger partial charge in [-0.25, -0.2) is 0 Å². The smallest absolute Gasteiger partial charge is 0.269 e. The van der Waals surface area contributed by atoms with Crippen molar-refractivity contribution in [2.75, 3.05) is 11.9 Å². The zero-order valence-electron chi connectivity index (χ0n) is 13.0. The summed E-state index contributed by atoms with van der Waals surface area (Å²) in [6.07, 6.45) is 0. The zero-order valence-corrected chi connectivity index (χ0v) is 14.7. The molecule has 23 heavy (non-hydrogen) atoms. The molecule has 3 aromatic carbocycles. The molecule has 0 spiro atoms. The Bertz CT molecular complexity index is 834. The largest absolute Gasteiger partial charge is 0.432 e. The van der Waals surface area contributed by atoms with Gasteiger partial charge in [0.1, 0.15) is 5.75 Å². The molecule has 118 valence electrons. The SMILES string of the molecule is Cc1cccc(N(C)C(=S)Oc2ccc3ccccc3c2)c1.Cl. The van der Waals surface area contributed by atoms with Crippen molar-refractivity contribution >= 4 is 46.3 Å². The van der Waals surface area contributed by atoms with E-state index in [2.05, 4.69) is 31.2 Å². The summed E-state index contributed by atoms with van der Waals surface area (Å²) in [7, 11) is 1.91. The van der Waals surface area contributed by atoms with Crippen molar-refractivity contribution in [2.24, 2.45) is 0 Å². The molecule has 3 aromatic rings. The lowest BCUT2D eigenvalue weighted by molar-refractivity contribution is 0.553. The van der Waals surface area contributed by atoms with Crippen molar-refractivity contribution in [1.29, 1.82) is 0 Å². The second kappa shape index (κ2) is 7.44. The highest BCUT2D eigenvalue weighted by molar-refractivity contribution is 7.80. The van der Waals surface area contributed by atoms with Crippen LogP contribution in [0.3, 0.4) is 0 Å². The summed E-state index contributed by atoms with van der Waals surface area (Å²) in [6.45, 7) is 2.06. The number of nitrogens with zero attached hydrogens (tertiary/aromatic N) is 1. The molecule has 0 aliphatic carbocycles. The van der Waals surface area contributed by atoms with Crippen LogP contribution < -0.4 is 9.64 Å². The lowest BCUT2D eigenvalue weighted by atomic mass is 10.1. The first-order valence-electron chi connectivity index (χ1n) is 7.14. The molecule has 2 nitrogen and oxygen atoms in total. The van der Waals surface area contributed by atoms with Crippen LogP contribution in [-0.4, -0.2) is 12.2 Å². The van der Waals surface area contributed by atoms with Crippen LogP contribution in [-0.2, 0) is 0 Å². The van der Waals surface area contributed by atoms with Gasteiger partial charge in [-0.3, -0.25) is 0 Å². The second-order valence-corrected chi connectivity index (χ2v) is 5.62. The molecule has 0 bridgehead atoms. The van der Waals surface area contributed by atoms with Gasteiger partial charge in [0.25, 0.3) is 5.17 Å². The molecule has 0 atom stereocenters. The molecule has 3 rings (SSSR count). The Labute approximate surface area is 148 Å². The van der Waals surface area contributed by atoms with Gasteiger partial charge in [0, 0.05) is 12.7 Å². The molecule has 0 radical (unpaired) electrons. The molecule has 0 saturated carbocycles. The second-order valence-electron chi connectivity index (χ2n) is 5.27. The third-order valence-corrected chi connectivity index (χ3v) is 3.95. The van der Waals surface area contributed by atoms with E-state index in [9.17, 15) is 0 Å². The third-order valence-electron chi connectivity index (χ3n) is 3.59. The molecule has 0 unspecified atom stereocenters. The van der Waals surface area contributed by atoms with Gasteiger partial charge < -0.3 is 9.64 Å². The van der Waals surface area contributed by atoms with E-state index in [0.717, 1.165) is 16.8 Å². The number of rotatable bonds is 2. The van der Waals surface area contributed by atoms with Crippen LogP contribution in [0.15, 0.2) is 66.7 Å². The number of benzene rings is 3. The molecule has 0 N–H and O–H groups in total.